The average molecular weight is 878 g/mol. The second-order valence-electron chi connectivity index (χ2n) is 14.8. The van der Waals surface area contributed by atoms with E-state index in [2.05, 4.69) is 16.0 Å². The zero-order valence-corrected chi connectivity index (χ0v) is 32.4. The van der Waals surface area contributed by atoms with Crippen molar-refractivity contribution < 1.29 is 119 Å². The Morgan fingerprint density at radius 2 is 1.15 bits per heavy atom. The van der Waals surface area contributed by atoms with Crippen LogP contribution in [0.2, 0.25) is 0 Å². The lowest BCUT2D eigenvalue weighted by atomic mass is 9.88. The normalized spacial score (nSPS) is 43.3. The molecule has 60 heavy (non-hydrogen) atoms. The van der Waals surface area contributed by atoms with Crippen molar-refractivity contribution >= 4 is 23.7 Å². The smallest absolute Gasteiger partial charge is 0.364 e. The number of aliphatic hydroxyl groups excluding tert-OH is 12. The summed E-state index contributed by atoms with van der Waals surface area (Å²) in [5, 5.41) is 145. The van der Waals surface area contributed by atoms with Gasteiger partial charge in [0.15, 0.2) is 18.9 Å². The zero-order chi connectivity index (χ0) is 45.0. The molecule has 0 aromatic rings. The predicted octanol–water partition coefficient (Wildman–Crippen LogP) is -10.1. The maximum Gasteiger partial charge on any atom is 0.364 e. The molecule has 16 N–H and O–H groups in total. The molecule has 4 aliphatic heterocycles. The number of carboxylic acid groups (broad SMARTS) is 1. The molecular weight excluding hydrogens is 822 g/mol. The maximum atomic E-state index is 12.9. The van der Waals surface area contributed by atoms with E-state index >= 15 is 0 Å². The van der Waals surface area contributed by atoms with Gasteiger partial charge in [0, 0.05) is 27.2 Å². The van der Waals surface area contributed by atoms with Crippen LogP contribution in [0.1, 0.15) is 27.2 Å². The molecule has 0 unspecified atom stereocenters. The number of aliphatic carboxylic acids is 1. The molecule has 0 saturated carbocycles. The lowest BCUT2D eigenvalue weighted by Crippen LogP contribution is -2.71. The standard InChI is InChI=1S/C33H55N3O24/c1-9(41)34-17-12(44)4-33(32(52)53,59-27(17)20(46)13(45)5-37)60-28-22(48)15(7-39)55-31(24(28)50)57-25-16(8-40)56-30(18(23(25)49)35-10(2)42)58-26-19(36-11(3)43)29(51)54-14(6-38)21(26)47/h12-31,37-40,44-51H,4-8H2,1-3H3,(H,34,41)(H,35,42)(H,36,43)(H,52,53)/t12-,13+,14+,15+,16+,17+,18+,19+,20+,21-,22-,23+,24+,25+,26+,27+,28-,29+,30-,31-,33-/m0/s1. The summed E-state index contributed by atoms with van der Waals surface area (Å²) < 4.78 is 39.5. The van der Waals surface area contributed by atoms with Crippen molar-refractivity contribution in [1.29, 1.82) is 0 Å². The first-order chi connectivity index (χ1) is 28.1. The van der Waals surface area contributed by atoms with E-state index in [-0.39, 0.29) is 0 Å². The summed E-state index contributed by atoms with van der Waals surface area (Å²) in [7, 11) is 0. The Morgan fingerprint density at radius 3 is 1.68 bits per heavy atom. The molecule has 0 bridgehead atoms. The number of carbonyl (C=O) groups is 4. The van der Waals surface area contributed by atoms with Crippen molar-refractivity contribution in [2.45, 2.75) is 155 Å². The highest BCUT2D eigenvalue weighted by molar-refractivity contribution is 5.77. The van der Waals surface area contributed by atoms with Gasteiger partial charge in [-0.05, 0) is 0 Å². The SMILES string of the molecule is CC(=O)N[C@@H]1[C@@H](O[C@@H]2O[C@H](CO)[C@@H](O[C@@H]3O[C@H](CO)[C@H](O)[C@H](O[C@]4(C(=O)O)C[C@H](O)[C@@H](NC(C)=O)[C@H]([C@H](O)[C@H](O)CO)O4)[C@H]3O)[C@H](O)[C@H]2NC(C)=O)[C@@H](O)[C@@H](CO)O[C@H]1O. The molecule has 0 aromatic heterocycles. The van der Waals surface area contributed by atoms with Gasteiger partial charge in [-0.15, -0.1) is 0 Å². The van der Waals surface area contributed by atoms with Crippen molar-refractivity contribution in [2.75, 3.05) is 26.4 Å². The number of carbonyl (C=O) groups excluding carboxylic acids is 3. The van der Waals surface area contributed by atoms with Gasteiger partial charge in [0.05, 0.1) is 38.6 Å². The Kier molecular flexibility index (Phi) is 17.4. The van der Waals surface area contributed by atoms with Crippen molar-refractivity contribution in [3.63, 3.8) is 0 Å². The highest BCUT2D eigenvalue weighted by Gasteiger charge is 2.60. The minimum atomic E-state index is -3.13. The molecule has 0 spiro atoms. The highest BCUT2D eigenvalue weighted by Crippen LogP contribution is 2.39. The van der Waals surface area contributed by atoms with Crippen LogP contribution in [-0.4, -0.2) is 245 Å². The van der Waals surface area contributed by atoms with Crippen LogP contribution < -0.4 is 16.0 Å². The topological polar surface area (TPSA) is 432 Å². The Bertz CT molecular complexity index is 1470. The zero-order valence-electron chi connectivity index (χ0n) is 32.4. The average Bonchev–Trinajstić information content (AvgIpc) is 3.18. The van der Waals surface area contributed by atoms with E-state index < -0.39 is 185 Å². The molecule has 4 fully saturated rings. The van der Waals surface area contributed by atoms with Gasteiger partial charge in [0.25, 0.3) is 5.79 Å². The van der Waals surface area contributed by atoms with Gasteiger partial charge < -0.3 is 115 Å². The van der Waals surface area contributed by atoms with Crippen LogP contribution in [0.4, 0.5) is 0 Å². The van der Waals surface area contributed by atoms with Gasteiger partial charge in [-0.3, -0.25) is 14.4 Å². The van der Waals surface area contributed by atoms with Gasteiger partial charge in [-0.2, -0.15) is 0 Å². The molecule has 0 aromatic carbocycles. The maximum absolute atomic E-state index is 12.9. The quantitative estimate of drug-likeness (QED) is 0.0684. The van der Waals surface area contributed by atoms with Crippen molar-refractivity contribution in [1.82, 2.24) is 16.0 Å². The number of carboxylic acids is 1. The fourth-order valence-corrected chi connectivity index (χ4v) is 7.46. The van der Waals surface area contributed by atoms with Crippen LogP contribution in [0.3, 0.4) is 0 Å². The summed E-state index contributed by atoms with van der Waals surface area (Å²) in [4.78, 5) is 49.1. The van der Waals surface area contributed by atoms with E-state index in [1.54, 1.807) is 0 Å². The van der Waals surface area contributed by atoms with Crippen molar-refractivity contribution in [3.8, 4) is 0 Å². The number of aliphatic hydroxyl groups is 12. The van der Waals surface area contributed by atoms with Gasteiger partial charge in [0.1, 0.15) is 91.4 Å². The van der Waals surface area contributed by atoms with Crippen LogP contribution in [0.15, 0.2) is 0 Å². The minimum Gasteiger partial charge on any atom is -0.477 e. The Hall–Kier alpha value is -2.88. The van der Waals surface area contributed by atoms with Crippen LogP contribution in [0.5, 0.6) is 0 Å². The third-order valence-electron chi connectivity index (χ3n) is 10.4. The van der Waals surface area contributed by atoms with Gasteiger partial charge in [-0.1, -0.05) is 0 Å². The molecular formula is C33H55N3O24. The molecule has 4 heterocycles. The number of amides is 3. The summed E-state index contributed by atoms with van der Waals surface area (Å²) in [6.45, 7) is -0.921. The molecule has 0 radical (unpaired) electrons. The summed E-state index contributed by atoms with van der Waals surface area (Å²) >= 11 is 0. The molecule has 3 amide bonds. The fraction of sp³-hybridized carbons (Fsp3) is 0.879. The predicted molar refractivity (Wildman–Crippen MR) is 186 cm³/mol. The van der Waals surface area contributed by atoms with E-state index in [9.17, 15) is 85.6 Å². The van der Waals surface area contributed by atoms with E-state index in [1.807, 2.05) is 0 Å². The summed E-state index contributed by atoms with van der Waals surface area (Å²) in [6, 6.07) is -4.84. The Labute approximate surface area is 340 Å². The Balaban J connectivity index is 1.65. The second-order valence-corrected chi connectivity index (χ2v) is 14.8. The summed E-state index contributed by atoms with van der Waals surface area (Å²) in [5.74, 6) is -7.48. The summed E-state index contributed by atoms with van der Waals surface area (Å²) in [6.07, 6.45) is -34.0. The molecule has 27 heteroatoms. The van der Waals surface area contributed by atoms with E-state index in [0.717, 1.165) is 20.8 Å². The molecule has 4 rings (SSSR count). The van der Waals surface area contributed by atoms with Crippen LogP contribution >= 0.6 is 0 Å². The van der Waals surface area contributed by atoms with Gasteiger partial charge in [0.2, 0.25) is 17.7 Å². The first kappa shape index (κ1) is 49.8. The largest absolute Gasteiger partial charge is 0.477 e. The van der Waals surface area contributed by atoms with E-state index in [0.29, 0.717) is 0 Å². The Morgan fingerprint density at radius 1 is 0.650 bits per heavy atom. The number of rotatable bonds is 16. The van der Waals surface area contributed by atoms with Crippen LogP contribution in [-0.2, 0) is 52.3 Å². The molecule has 27 nitrogen and oxygen atoms in total. The number of nitrogens with one attached hydrogen (secondary N) is 3. The molecule has 0 aliphatic carbocycles. The lowest BCUT2D eigenvalue weighted by molar-refractivity contribution is -0.385. The monoisotopic (exact) mass is 877 g/mol. The fourth-order valence-electron chi connectivity index (χ4n) is 7.46. The third kappa shape index (κ3) is 10.8. The number of ether oxygens (including phenoxy) is 7. The third-order valence-corrected chi connectivity index (χ3v) is 10.4. The van der Waals surface area contributed by atoms with Gasteiger partial charge >= 0.3 is 5.97 Å². The minimum absolute atomic E-state index is 0.720. The second kappa shape index (κ2) is 21.0. The number of hydrogen-bond acceptors (Lipinski definition) is 23. The van der Waals surface area contributed by atoms with Crippen molar-refractivity contribution in [2.24, 2.45) is 0 Å². The van der Waals surface area contributed by atoms with Gasteiger partial charge in [-0.25, -0.2) is 4.79 Å². The molecule has 346 valence electrons. The van der Waals surface area contributed by atoms with E-state index in [4.69, 9.17) is 33.2 Å². The molecule has 4 saturated heterocycles. The number of hydrogen-bond donors (Lipinski definition) is 16. The van der Waals surface area contributed by atoms with E-state index in [1.165, 1.54) is 0 Å². The first-order valence-corrected chi connectivity index (χ1v) is 18.7. The summed E-state index contributed by atoms with van der Waals surface area (Å²) in [5.41, 5.74) is 0. The van der Waals surface area contributed by atoms with Crippen LogP contribution in [0.25, 0.3) is 0 Å². The van der Waals surface area contributed by atoms with Crippen LogP contribution in [0, 0.1) is 0 Å². The van der Waals surface area contributed by atoms with Crippen molar-refractivity contribution in [3.05, 3.63) is 0 Å². The first-order valence-electron chi connectivity index (χ1n) is 18.7. The lowest BCUT2D eigenvalue weighted by Gasteiger charge is -2.51. The molecule has 4 aliphatic rings. The molecule has 21 atom stereocenters. The highest BCUT2D eigenvalue weighted by atomic mass is 16.8.